The SMILES string of the molecule is CCC(c1nccs1)N1CCCNC(C2CC2)C1. The Morgan fingerprint density at radius 3 is 3.11 bits per heavy atom. The van der Waals surface area contributed by atoms with Crippen LogP contribution < -0.4 is 5.32 Å². The highest BCUT2D eigenvalue weighted by Crippen LogP contribution is 2.35. The molecule has 0 aromatic carbocycles. The van der Waals surface area contributed by atoms with E-state index in [1.165, 1.54) is 50.3 Å². The second-order valence-corrected chi connectivity index (χ2v) is 6.47. The minimum atomic E-state index is 0.533. The Labute approximate surface area is 114 Å². The van der Waals surface area contributed by atoms with Crippen molar-refractivity contribution >= 4 is 11.3 Å². The molecule has 4 heteroatoms. The maximum Gasteiger partial charge on any atom is 0.110 e. The standard InChI is InChI=1S/C14H23N3S/c1-2-13(14-16-7-9-18-14)17-8-3-6-15-12(10-17)11-4-5-11/h7,9,11-13,15H,2-6,8,10H2,1H3. The van der Waals surface area contributed by atoms with Crippen LogP contribution in [0, 0.1) is 5.92 Å². The van der Waals surface area contributed by atoms with Gasteiger partial charge in [-0.05, 0) is 38.1 Å². The topological polar surface area (TPSA) is 28.2 Å². The molecular weight excluding hydrogens is 242 g/mol. The first kappa shape index (κ1) is 12.6. The van der Waals surface area contributed by atoms with Crippen LogP contribution in [-0.2, 0) is 0 Å². The third kappa shape index (κ3) is 2.76. The van der Waals surface area contributed by atoms with E-state index < -0.39 is 0 Å². The Morgan fingerprint density at radius 1 is 1.56 bits per heavy atom. The summed E-state index contributed by atoms with van der Waals surface area (Å²) in [5.41, 5.74) is 0. The maximum atomic E-state index is 4.54. The van der Waals surface area contributed by atoms with Crippen LogP contribution in [0.1, 0.15) is 43.7 Å². The number of thiazole rings is 1. The van der Waals surface area contributed by atoms with Gasteiger partial charge in [-0.25, -0.2) is 4.98 Å². The highest BCUT2D eigenvalue weighted by molar-refractivity contribution is 7.09. The molecule has 2 heterocycles. The van der Waals surface area contributed by atoms with Gasteiger partial charge in [0, 0.05) is 30.7 Å². The lowest BCUT2D eigenvalue weighted by atomic mass is 10.1. The molecule has 0 spiro atoms. The average molecular weight is 265 g/mol. The summed E-state index contributed by atoms with van der Waals surface area (Å²) >= 11 is 1.81. The predicted octanol–water partition coefficient (Wildman–Crippen LogP) is 2.67. The molecule has 0 amide bonds. The smallest absolute Gasteiger partial charge is 0.110 e. The predicted molar refractivity (Wildman–Crippen MR) is 75.9 cm³/mol. The van der Waals surface area contributed by atoms with Crippen LogP contribution in [0.3, 0.4) is 0 Å². The van der Waals surface area contributed by atoms with Gasteiger partial charge >= 0.3 is 0 Å². The average Bonchev–Trinajstić information content (AvgIpc) is 3.13. The molecule has 1 aliphatic heterocycles. The molecule has 100 valence electrons. The Bertz CT molecular complexity index is 361. The number of aromatic nitrogens is 1. The Morgan fingerprint density at radius 2 is 2.44 bits per heavy atom. The van der Waals surface area contributed by atoms with Gasteiger partial charge in [-0.3, -0.25) is 4.90 Å². The molecule has 1 aromatic rings. The largest absolute Gasteiger partial charge is 0.312 e. The van der Waals surface area contributed by atoms with E-state index in [-0.39, 0.29) is 0 Å². The normalized spacial score (nSPS) is 27.9. The first-order valence-corrected chi connectivity index (χ1v) is 8.13. The molecule has 3 nitrogen and oxygen atoms in total. The molecule has 1 N–H and O–H groups in total. The van der Waals surface area contributed by atoms with Crippen molar-refractivity contribution < 1.29 is 0 Å². The van der Waals surface area contributed by atoms with Gasteiger partial charge in [0.05, 0.1) is 6.04 Å². The fraction of sp³-hybridized carbons (Fsp3) is 0.786. The maximum absolute atomic E-state index is 4.54. The minimum Gasteiger partial charge on any atom is -0.312 e. The highest BCUT2D eigenvalue weighted by atomic mass is 32.1. The molecule has 1 aromatic heterocycles. The summed E-state index contributed by atoms with van der Waals surface area (Å²) in [6.45, 7) is 5.90. The second-order valence-electron chi connectivity index (χ2n) is 5.54. The summed E-state index contributed by atoms with van der Waals surface area (Å²) < 4.78 is 0. The van der Waals surface area contributed by atoms with E-state index in [4.69, 9.17) is 0 Å². The molecular formula is C14H23N3S. The monoisotopic (exact) mass is 265 g/mol. The van der Waals surface area contributed by atoms with Crippen LogP contribution in [-0.4, -0.2) is 35.6 Å². The van der Waals surface area contributed by atoms with Crippen molar-refractivity contribution in [3.8, 4) is 0 Å². The van der Waals surface area contributed by atoms with Crippen molar-refractivity contribution in [3.05, 3.63) is 16.6 Å². The fourth-order valence-electron chi connectivity index (χ4n) is 3.06. The fourth-order valence-corrected chi connectivity index (χ4v) is 3.92. The second kappa shape index (κ2) is 5.68. The number of hydrogen-bond donors (Lipinski definition) is 1. The van der Waals surface area contributed by atoms with Crippen molar-refractivity contribution in [1.29, 1.82) is 0 Å². The quantitative estimate of drug-likeness (QED) is 0.907. The molecule has 0 radical (unpaired) electrons. The van der Waals surface area contributed by atoms with E-state index in [9.17, 15) is 0 Å². The van der Waals surface area contributed by atoms with Crippen LogP contribution in [0.5, 0.6) is 0 Å². The number of rotatable bonds is 4. The molecule has 2 fully saturated rings. The summed E-state index contributed by atoms with van der Waals surface area (Å²) in [5.74, 6) is 0.944. The van der Waals surface area contributed by atoms with Gasteiger partial charge in [0.1, 0.15) is 5.01 Å². The van der Waals surface area contributed by atoms with E-state index in [2.05, 4.69) is 27.5 Å². The van der Waals surface area contributed by atoms with E-state index in [1.54, 1.807) is 0 Å². The van der Waals surface area contributed by atoms with Crippen LogP contribution in [0.4, 0.5) is 0 Å². The third-order valence-corrected chi connectivity index (χ3v) is 5.09. The summed E-state index contributed by atoms with van der Waals surface area (Å²) in [4.78, 5) is 7.20. The number of nitrogens with one attached hydrogen (secondary N) is 1. The first-order valence-electron chi connectivity index (χ1n) is 7.25. The first-order chi connectivity index (χ1) is 8.88. The summed E-state index contributed by atoms with van der Waals surface area (Å²) in [6.07, 6.45) is 7.24. The van der Waals surface area contributed by atoms with E-state index in [0.29, 0.717) is 6.04 Å². The van der Waals surface area contributed by atoms with Gasteiger partial charge in [0.15, 0.2) is 0 Å². The van der Waals surface area contributed by atoms with E-state index in [1.807, 2.05) is 17.5 Å². The van der Waals surface area contributed by atoms with Gasteiger partial charge in [-0.15, -0.1) is 11.3 Å². The number of nitrogens with zero attached hydrogens (tertiary/aromatic N) is 2. The molecule has 18 heavy (non-hydrogen) atoms. The lowest BCUT2D eigenvalue weighted by Gasteiger charge is -2.30. The molecule has 2 aliphatic rings. The molecule has 0 bridgehead atoms. The van der Waals surface area contributed by atoms with Crippen molar-refractivity contribution in [1.82, 2.24) is 15.2 Å². The van der Waals surface area contributed by atoms with Crippen LogP contribution in [0.2, 0.25) is 0 Å². The zero-order valence-electron chi connectivity index (χ0n) is 11.1. The summed E-state index contributed by atoms with van der Waals surface area (Å²) in [6, 6.07) is 1.26. The van der Waals surface area contributed by atoms with Gasteiger partial charge in [-0.2, -0.15) is 0 Å². The Hall–Kier alpha value is -0.450. The van der Waals surface area contributed by atoms with E-state index >= 15 is 0 Å². The molecule has 1 saturated carbocycles. The van der Waals surface area contributed by atoms with Gasteiger partial charge in [0.2, 0.25) is 0 Å². The molecule has 2 atom stereocenters. The van der Waals surface area contributed by atoms with Crippen LogP contribution in [0.15, 0.2) is 11.6 Å². The van der Waals surface area contributed by atoms with Crippen molar-refractivity contribution in [2.45, 2.75) is 44.7 Å². The van der Waals surface area contributed by atoms with Crippen molar-refractivity contribution in [3.63, 3.8) is 0 Å². The van der Waals surface area contributed by atoms with Gasteiger partial charge < -0.3 is 5.32 Å². The zero-order valence-corrected chi connectivity index (χ0v) is 12.0. The van der Waals surface area contributed by atoms with Crippen LogP contribution in [0.25, 0.3) is 0 Å². The van der Waals surface area contributed by atoms with Crippen molar-refractivity contribution in [2.75, 3.05) is 19.6 Å². The Balaban J connectivity index is 1.71. The molecule has 1 saturated heterocycles. The summed E-state index contributed by atoms with van der Waals surface area (Å²) in [7, 11) is 0. The summed E-state index contributed by atoms with van der Waals surface area (Å²) in [5, 5.41) is 7.14. The highest BCUT2D eigenvalue weighted by Gasteiger charge is 2.35. The molecule has 2 unspecified atom stereocenters. The lowest BCUT2D eigenvalue weighted by Crippen LogP contribution is -2.40. The minimum absolute atomic E-state index is 0.533. The van der Waals surface area contributed by atoms with Gasteiger partial charge in [-0.1, -0.05) is 6.92 Å². The molecule has 1 aliphatic carbocycles. The van der Waals surface area contributed by atoms with E-state index in [0.717, 1.165) is 12.0 Å². The van der Waals surface area contributed by atoms with Crippen molar-refractivity contribution in [2.24, 2.45) is 5.92 Å². The Kier molecular flexibility index (Phi) is 3.97. The molecule has 3 rings (SSSR count). The third-order valence-electron chi connectivity index (χ3n) is 4.21. The van der Waals surface area contributed by atoms with Crippen LogP contribution >= 0.6 is 11.3 Å². The van der Waals surface area contributed by atoms with Gasteiger partial charge in [0.25, 0.3) is 0 Å². The lowest BCUT2D eigenvalue weighted by molar-refractivity contribution is 0.183. The number of hydrogen-bond acceptors (Lipinski definition) is 4. The zero-order chi connectivity index (χ0) is 12.4.